The van der Waals surface area contributed by atoms with Crippen LogP contribution in [0, 0.1) is 0 Å². The number of aromatic hydroxyl groups is 1. The number of aromatic nitrogens is 1. The molecular formula is C32H26N2O5S. The molecule has 2 heterocycles. The number of rotatable bonds is 5. The zero-order valence-electron chi connectivity index (χ0n) is 22.2. The van der Waals surface area contributed by atoms with Crippen LogP contribution in [-0.2, 0) is 9.53 Å². The number of benzene rings is 4. The molecule has 0 fully saturated rings. The summed E-state index contributed by atoms with van der Waals surface area (Å²) in [6, 6.07) is 21.9. The molecule has 1 atom stereocenters. The van der Waals surface area contributed by atoms with Crippen LogP contribution in [0.2, 0.25) is 0 Å². The van der Waals surface area contributed by atoms with Gasteiger partial charge in [-0.15, -0.1) is 0 Å². The van der Waals surface area contributed by atoms with Gasteiger partial charge < -0.3 is 14.6 Å². The summed E-state index contributed by atoms with van der Waals surface area (Å²) in [7, 11) is 1.57. The average Bonchev–Trinajstić information content (AvgIpc) is 3.27. The number of esters is 1. The smallest absolute Gasteiger partial charge is 0.338 e. The molecule has 0 saturated heterocycles. The summed E-state index contributed by atoms with van der Waals surface area (Å²) in [5.41, 5.74) is 1.65. The van der Waals surface area contributed by atoms with E-state index in [4.69, 9.17) is 9.47 Å². The third-order valence-corrected chi connectivity index (χ3v) is 8.15. The van der Waals surface area contributed by atoms with E-state index in [0.717, 1.165) is 21.5 Å². The minimum Gasteiger partial charge on any atom is -0.507 e. The highest BCUT2D eigenvalue weighted by Crippen LogP contribution is 2.40. The number of nitrogens with zero attached hydrogens (tertiary/aromatic N) is 2. The van der Waals surface area contributed by atoms with E-state index in [-0.39, 0.29) is 23.5 Å². The van der Waals surface area contributed by atoms with Crippen molar-refractivity contribution in [1.82, 2.24) is 4.57 Å². The summed E-state index contributed by atoms with van der Waals surface area (Å²) < 4.78 is 13.2. The Morgan fingerprint density at radius 2 is 1.70 bits per heavy atom. The van der Waals surface area contributed by atoms with Crippen molar-refractivity contribution < 1.29 is 19.4 Å². The zero-order chi connectivity index (χ0) is 28.0. The quantitative estimate of drug-likeness (QED) is 0.317. The van der Waals surface area contributed by atoms with Gasteiger partial charge in [0.25, 0.3) is 5.56 Å². The minimum absolute atomic E-state index is 0.0696. The predicted molar refractivity (Wildman–Crippen MR) is 157 cm³/mol. The van der Waals surface area contributed by atoms with Gasteiger partial charge in [-0.1, -0.05) is 72.0 Å². The molecule has 0 aliphatic carbocycles. The largest absolute Gasteiger partial charge is 0.507 e. The van der Waals surface area contributed by atoms with E-state index in [0.29, 0.717) is 31.9 Å². The highest BCUT2D eigenvalue weighted by Gasteiger charge is 2.36. The van der Waals surface area contributed by atoms with Crippen molar-refractivity contribution in [3.8, 4) is 11.5 Å². The van der Waals surface area contributed by atoms with Crippen LogP contribution in [0.3, 0.4) is 0 Å². The monoisotopic (exact) mass is 550 g/mol. The second kappa shape index (κ2) is 10.1. The lowest BCUT2D eigenvalue weighted by atomic mass is 9.90. The first-order valence-electron chi connectivity index (χ1n) is 12.9. The summed E-state index contributed by atoms with van der Waals surface area (Å²) in [4.78, 5) is 32.7. The Kier molecular flexibility index (Phi) is 6.48. The number of fused-ring (bicyclic) bond motifs is 3. The maximum atomic E-state index is 14.2. The van der Waals surface area contributed by atoms with Crippen molar-refractivity contribution in [2.75, 3.05) is 13.7 Å². The number of allylic oxidation sites excluding steroid dienone is 1. The normalized spacial score (nSPS) is 15.3. The molecule has 7 nitrogen and oxygen atoms in total. The number of thiazole rings is 1. The van der Waals surface area contributed by atoms with Gasteiger partial charge in [-0.3, -0.25) is 9.36 Å². The van der Waals surface area contributed by atoms with Gasteiger partial charge in [-0.25, -0.2) is 9.79 Å². The Bertz CT molecular complexity index is 2040. The van der Waals surface area contributed by atoms with Crippen LogP contribution >= 0.6 is 11.3 Å². The molecule has 6 rings (SSSR count). The van der Waals surface area contributed by atoms with E-state index in [1.54, 1.807) is 37.7 Å². The van der Waals surface area contributed by atoms with Gasteiger partial charge >= 0.3 is 5.97 Å². The molecule has 1 aromatic heterocycles. The number of carbonyl (C=O) groups is 1. The van der Waals surface area contributed by atoms with Crippen molar-refractivity contribution in [1.29, 1.82) is 0 Å². The number of hydrogen-bond acceptors (Lipinski definition) is 7. The molecule has 0 amide bonds. The van der Waals surface area contributed by atoms with Gasteiger partial charge in [-0.2, -0.15) is 0 Å². The molecule has 0 radical (unpaired) electrons. The lowest BCUT2D eigenvalue weighted by Crippen LogP contribution is -2.40. The molecule has 1 N–H and O–H groups in total. The molecule has 200 valence electrons. The van der Waals surface area contributed by atoms with Crippen LogP contribution in [0.5, 0.6) is 11.5 Å². The van der Waals surface area contributed by atoms with Crippen LogP contribution in [0.1, 0.15) is 31.0 Å². The molecule has 4 aromatic carbocycles. The number of hydrogen-bond donors (Lipinski definition) is 1. The highest BCUT2D eigenvalue weighted by molar-refractivity contribution is 7.07. The Balaban J connectivity index is 1.69. The van der Waals surface area contributed by atoms with E-state index in [9.17, 15) is 14.7 Å². The Hall–Kier alpha value is -4.69. The van der Waals surface area contributed by atoms with Crippen molar-refractivity contribution in [3.05, 3.63) is 115 Å². The van der Waals surface area contributed by atoms with Crippen LogP contribution in [0.4, 0.5) is 0 Å². The molecule has 0 spiro atoms. The average molecular weight is 551 g/mol. The van der Waals surface area contributed by atoms with Gasteiger partial charge in [0.05, 0.1) is 29.5 Å². The van der Waals surface area contributed by atoms with Crippen molar-refractivity contribution in [2.45, 2.75) is 19.9 Å². The lowest BCUT2D eigenvalue weighted by molar-refractivity contribution is -0.139. The second-order valence-electron chi connectivity index (χ2n) is 9.42. The number of methoxy groups -OCH3 is 1. The lowest BCUT2D eigenvalue weighted by Gasteiger charge is -2.27. The molecule has 0 saturated carbocycles. The van der Waals surface area contributed by atoms with Gasteiger partial charge in [0.1, 0.15) is 17.5 Å². The first-order valence-corrected chi connectivity index (χ1v) is 13.7. The summed E-state index contributed by atoms with van der Waals surface area (Å²) in [6.07, 6.45) is 1.70. The van der Waals surface area contributed by atoms with Crippen LogP contribution in [0.25, 0.3) is 27.6 Å². The number of phenolic OH excluding ortho intramolecular Hbond substituents is 1. The van der Waals surface area contributed by atoms with Gasteiger partial charge in [-0.05, 0) is 53.6 Å². The van der Waals surface area contributed by atoms with Crippen LogP contribution < -0.4 is 19.6 Å². The van der Waals surface area contributed by atoms with Crippen molar-refractivity contribution >= 4 is 44.9 Å². The van der Waals surface area contributed by atoms with E-state index in [1.807, 2.05) is 66.7 Å². The highest BCUT2D eigenvalue weighted by atomic mass is 32.1. The third-order valence-electron chi connectivity index (χ3n) is 7.16. The first kappa shape index (κ1) is 25.6. The molecule has 5 aromatic rings. The third kappa shape index (κ3) is 4.08. The maximum absolute atomic E-state index is 14.2. The van der Waals surface area contributed by atoms with Gasteiger partial charge in [0.15, 0.2) is 4.80 Å². The number of phenols is 1. The van der Waals surface area contributed by atoms with Crippen molar-refractivity contribution in [3.63, 3.8) is 0 Å². The van der Waals surface area contributed by atoms with E-state index in [2.05, 4.69) is 4.99 Å². The molecule has 1 aliphatic rings. The fourth-order valence-corrected chi connectivity index (χ4v) is 6.40. The molecule has 0 bridgehead atoms. The maximum Gasteiger partial charge on any atom is 0.338 e. The number of carbonyl (C=O) groups excluding carboxylic acids is 1. The topological polar surface area (TPSA) is 90.1 Å². The van der Waals surface area contributed by atoms with E-state index < -0.39 is 12.0 Å². The van der Waals surface area contributed by atoms with Crippen LogP contribution in [-0.4, -0.2) is 29.4 Å². The standard InChI is InChI=1S/C32H26N2O5S/c1-4-39-31(37)27-18(2)33-32-34(29(27)28-22-12-8-6-10-20(22)14-16-25(28)38-3)30(36)26(40-32)17-23-21-11-7-5-9-19(21)13-15-24(23)35/h5-17,29,35H,4H2,1-3H3/b26-17-/t29-/m0/s1. The Morgan fingerprint density at radius 3 is 2.42 bits per heavy atom. The van der Waals surface area contributed by atoms with E-state index >= 15 is 0 Å². The van der Waals surface area contributed by atoms with Gasteiger partial charge in [0.2, 0.25) is 0 Å². The summed E-state index contributed by atoms with van der Waals surface area (Å²) in [5, 5.41) is 14.3. The molecule has 8 heteroatoms. The second-order valence-corrected chi connectivity index (χ2v) is 10.4. The minimum atomic E-state index is -0.834. The predicted octanol–water partition coefficient (Wildman–Crippen LogP) is 4.82. The molecule has 0 unspecified atom stereocenters. The van der Waals surface area contributed by atoms with Crippen LogP contribution in [0.15, 0.2) is 93.9 Å². The Labute approximate surface area is 233 Å². The molecule has 40 heavy (non-hydrogen) atoms. The summed E-state index contributed by atoms with van der Waals surface area (Å²) in [5.74, 6) is 0.0754. The fraction of sp³-hybridized carbons (Fsp3) is 0.156. The summed E-state index contributed by atoms with van der Waals surface area (Å²) >= 11 is 1.21. The van der Waals surface area contributed by atoms with E-state index in [1.165, 1.54) is 11.3 Å². The zero-order valence-corrected chi connectivity index (χ0v) is 23.0. The molecular weight excluding hydrogens is 524 g/mol. The Morgan fingerprint density at radius 1 is 1.02 bits per heavy atom. The SMILES string of the molecule is CCOC(=O)C1=C(C)N=c2s/c(=C\c3c(O)ccc4ccccc34)c(=O)n2[C@@H]1c1c(OC)ccc2ccccc12. The first-order chi connectivity index (χ1) is 19.4. The number of ether oxygens (including phenoxy) is 2. The van der Waals surface area contributed by atoms with Gasteiger partial charge in [0, 0.05) is 11.1 Å². The summed E-state index contributed by atoms with van der Waals surface area (Å²) in [6.45, 7) is 3.68. The molecule has 1 aliphatic heterocycles. The van der Waals surface area contributed by atoms with Crippen molar-refractivity contribution in [2.24, 2.45) is 4.99 Å². The fourth-order valence-electron chi connectivity index (χ4n) is 5.37.